The molecule has 0 amide bonds. The number of alkyl halides is 1. The summed E-state index contributed by atoms with van der Waals surface area (Å²) >= 11 is 5.59. The number of halogens is 1. The smallest absolute Gasteiger partial charge is 0.309 e. The van der Waals surface area contributed by atoms with Gasteiger partial charge < -0.3 is 9.47 Å². The van der Waals surface area contributed by atoms with Crippen LogP contribution in [0.4, 0.5) is 0 Å². The van der Waals surface area contributed by atoms with Crippen molar-refractivity contribution >= 4 is 23.4 Å². The number of hydrogen-bond acceptors (Lipinski definition) is 4. The van der Waals surface area contributed by atoms with Crippen molar-refractivity contribution in [3.63, 3.8) is 0 Å². The van der Waals surface area contributed by atoms with E-state index in [9.17, 15) is 9.59 Å². The van der Waals surface area contributed by atoms with Crippen molar-refractivity contribution in [1.82, 2.24) is 0 Å². The minimum Gasteiger partial charge on any atom is -0.494 e. The second kappa shape index (κ2) is 8.18. The molecule has 0 radical (unpaired) electrons. The fourth-order valence-corrected chi connectivity index (χ4v) is 2.63. The zero-order valence-electron chi connectivity index (χ0n) is 12.7. The normalized spacial score (nSPS) is 20.1. The second-order valence-corrected chi connectivity index (χ2v) is 5.70. The Bertz CT molecular complexity index is 512. The Morgan fingerprint density at radius 2 is 1.86 bits per heavy atom. The molecule has 0 aromatic heterocycles. The maximum absolute atomic E-state index is 12.5. The highest BCUT2D eigenvalue weighted by molar-refractivity contribution is 6.17. The molecule has 1 saturated carbocycles. The van der Waals surface area contributed by atoms with Crippen molar-refractivity contribution in [2.24, 2.45) is 11.8 Å². The van der Waals surface area contributed by atoms with Crippen molar-refractivity contribution in [1.29, 1.82) is 0 Å². The maximum Gasteiger partial charge on any atom is 0.309 e. The average molecular weight is 325 g/mol. The van der Waals surface area contributed by atoms with Gasteiger partial charge >= 0.3 is 5.97 Å². The molecule has 1 aromatic rings. The Balaban J connectivity index is 1.93. The summed E-state index contributed by atoms with van der Waals surface area (Å²) in [6, 6.07) is 7.05. The topological polar surface area (TPSA) is 52.6 Å². The van der Waals surface area contributed by atoms with Gasteiger partial charge in [-0.1, -0.05) is 0 Å². The number of carbonyl (C=O) groups is 2. The molecule has 1 aromatic carbocycles. The number of hydrogen-bond donors (Lipinski definition) is 0. The van der Waals surface area contributed by atoms with Crippen molar-refractivity contribution in [3.8, 4) is 5.75 Å². The standard InChI is InChI=1S/C17H21ClO4/c1-2-21-17(20)15-9-8-14(15)16(19)12-4-6-13(7-5-12)22-11-3-10-18/h4-7,14-15H,2-3,8-11H2,1H3. The Hall–Kier alpha value is -1.55. The molecule has 0 heterocycles. The Morgan fingerprint density at radius 1 is 1.18 bits per heavy atom. The first-order valence-electron chi connectivity index (χ1n) is 7.67. The molecule has 4 nitrogen and oxygen atoms in total. The van der Waals surface area contributed by atoms with E-state index in [-0.39, 0.29) is 23.6 Å². The molecular weight excluding hydrogens is 304 g/mol. The van der Waals surface area contributed by atoms with Gasteiger partial charge in [0.05, 0.1) is 19.1 Å². The van der Waals surface area contributed by atoms with Gasteiger partial charge in [-0.25, -0.2) is 0 Å². The van der Waals surface area contributed by atoms with Crippen LogP contribution in [0.5, 0.6) is 5.75 Å². The zero-order chi connectivity index (χ0) is 15.9. The SMILES string of the molecule is CCOC(=O)C1CCC1C(=O)c1ccc(OCCCCl)cc1. The first kappa shape index (κ1) is 16.8. The summed E-state index contributed by atoms with van der Waals surface area (Å²) in [6.45, 7) is 2.69. The van der Waals surface area contributed by atoms with Crippen LogP contribution in [0.25, 0.3) is 0 Å². The summed E-state index contributed by atoms with van der Waals surface area (Å²) < 4.78 is 10.5. The molecule has 0 N–H and O–H groups in total. The lowest BCUT2D eigenvalue weighted by atomic mass is 9.70. The van der Waals surface area contributed by atoms with Crippen LogP contribution in [-0.2, 0) is 9.53 Å². The van der Waals surface area contributed by atoms with E-state index in [0.717, 1.165) is 25.0 Å². The minimum absolute atomic E-state index is 0.0108. The van der Waals surface area contributed by atoms with Crippen molar-refractivity contribution in [3.05, 3.63) is 29.8 Å². The van der Waals surface area contributed by atoms with Crippen LogP contribution >= 0.6 is 11.6 Å². The summed E-state index contributed by atoms with van der Waals surface area (Å²) in [6.07, 6.45) is 2.26. The van der Waals surface area contributed by atoms with Gasteiger partial charge in [0.2, 0.25) is 0 Å². The van der Waals surface area contributed by atoms with Crippen molar-refractivity contribution in [2.75, 3.05) is 19.1 Å². The number of ketones is 1. The van der Waals surface area contributed by atoms with Gasteiger partial charge in [-0.2, -0.15) is 0 Å². The zero-order valence-corrected chi connectivity index (χ0v) is 13.5. The van der Waals surface area contributed by atoms with Crippen LogP contribution < -0.4 is 4.74 Å². The fourth-order valence-electron chi connectivity index (χ4n) is 2.52. The molecule has 1 aliphatic carbocycles. The lowest BCUT2D eigenvalue weighted by molar-refractivity contribution is -0.153. The summed E-state index contributed by atoms with van der Waals surface area (Å²) in [5.74, 6) is 0.504. The number of benzene rings is 1. The molecule has 0 saturated heterocycles. The van der Waals surface area contributed by atoms with Gasteiger partial charge in [-0.3, -0.25) is 9.59 Å². The van der Waals surface area contributed by atoms with Crippen LogP contribution in [-0.4, -0.2) is 30.8 Å². The summed E-state index contributed by atoms with van der Waals surface area (Å²) in [5, 5.41) is 0. The molecule has 2 rings (SSSR count). The highest BCUT2D eigenvalue weighted by atomic mass is 35.5. The van der Waals surface area contributed by atoms with E-state index in [4.69, 9.17) is 21.1 Å². The number of rotatable bonds is 8. The predicted octanol–water partition coefficient (Wildman–Crippen LogP) is 3.47. The Morgan fingerprint density at radius 3 is 2.41 bits per heavy atom. The predicted molar refractivity (Wildman–Crippen MR) is 84.5 cm³/mol. The Kier molecular flexibility index (Phi) is 6.25. The van der Waals surface area contributed by atoms with Crippen molar-refractivity contribution in [2.45, 2.75) is 26.2 Å². The lowest BCUT2D eigenvalue weighted by Crippen LogP contribution is -2.39. The quantitative estimate of drug-likeness (QED) is 0.318. The molecule has 22 heavy (non-hydrogen) atoms. The average Bonchev–Trinajstić information content (AvgIpc) is 2.47. The summed E-state index contributed by atoms with van der Waals surface area (Å²) in [4.78, 5) is 24.2. The van der Waals surface area contributed by atoms with Crippen molar-refractivity contribution < 1.29 is 19.1 Å². The van der Waals surface area contributed by atoms with Gasteiger partial charge in [0.25, 0.3) is 0 Å². The van der Waals surface area contributed by atoms with E-state index in [1.54, 1.807) is 31.2 Å². The van der Waals surface area contributed by atoms with Crippen LogP contribution in [0.1, 0.15) is 36.5 Å². The molecule has 1 fully saturated rings. The van der Waals surface area contributed by atoms with Gasteiger partial charge in [-0.05, 0) is 50.5 Å². The van der Waals surface area contributed by atoms with Crippen LogP contribution in [0.15, 0.2) is 24.3 Å². The van der Waals surface area contributed by atoms with Crippen LogP contribution in [0, 0.1) is 11.8 Å². The third-order valence-corrected chi connectivity index (χ3v) is 4.15. The van der Waals surface area contributed by atoms with E-state index < -0.39 is 0 Å². The highest BCUT2D eigenvalue weighted by Crippen LogP contribution is 2.37. The molecule has 0 bridgehead atoms. The number of Topliss-reactive ketones (excluding diaryl/α,β-unsaturated/α-hetero) is 1. The molecule has 120 valence electrons. The molecule has 5 heteroatoms. The number of carbonyl (C=O) groups excluding carboxylic acids is 2. The third-order valence-electron chi connectivity index (χ3n) is 3.89. The summed E-state index contributed by atoms with van der Waals surface area (Å²) in [7, 11) is 0. The van der Waals surface area contributed by atoms with E-state index in [1.807, 2.05) is 0 Å². The monoisotopic (exact) mass is 324 g/mol. The van der Waals surface area contributed by atoms with Crippen LogP contribution in [0.3, 0.4) is 0 Å². The molecule has 1 aliphatic rings. The maximum atomic E-state index is 12.5. The minimum atomic E-state index is -0.285. The third kappa shape index (κ3) is 4.01. The highest BCUT2D eigenvalue weighted by Gasteiger charge is 2.42. The molecule has 0 aliphatic heterocycles. The van der Waals surface area contributed by atoms with E-state index >= 15 is 0 Å². The first-order valence-corrected chi connectivity index (χ1v) is 8.20. The largest absolute Gasteiger partial charge is 0.494 e. The van der Waals surface area contributed by atoms with Gasteiger partial charge in [0.1, 0.15) is 5.75 Å². The van der Waals surface area contributed by atoms with Gasteiger partial charge in [0, 0.05) is 17.4 Å². The molecule has 2 unspecified atom stereocenters. The molecular formula is C17H21ClO4. The van der Waals surface area contributed by atoms with Crippen LogP contribution in [0.2, 0.25) is 0 Å². The van der Waals surface area contributed by atoms with Gasteiger partial charge in [0.15, 0.2) is 5.78 Å². The molecule has 2 atom stereocenters. The fraction of sp³-hybridized carbons (Fsp3) is 0.529. The van der Waals surface area contributed by atoms with E-state index in [1.165, 1.54) is 0 Å². The number of esters is 1. The summed E-state index contributed by atoms with van der Waals surface area (Å²) in [5.41, 5.74) is 0.615. The lowest BCUT2D eigenvalue weighted by Gasteiger charge is -2.33. The molecule has 0 spiro atoms. The second-order valence-electron chi connectivity index (χ2n) is 5.32. The Labute approximate surface area is 135 Å². The first-order chi connectivity index (χ1) is 10.7. The van der Waals surface area contributed by atoms with E-state index in [2.05, 4.69) is 0 Å². The number of ether oxygens (including phenoxy) is 2. The van der Waals surface area contributed by atoms with E-state index in [0.29, 0.717) is 24.7 Å². The van der Waals surface area contributed by atoms with Gasteiger partial charge in [-0.15, -0.1) is 11.6 Å².